The molecule has 2 rings (SSSR count). The highest BCUT2D eigenvalue weighted by Crippen LogP contribution is 2.27. The highest BCUT2D eigenvalue weighted by Gasteiger charge is 2.16. The van der Waals surface area contributed by atoms with Gasteiger partial charge in [0.15, 0.2) is 5.78 Å². The van der Waals surface area contributed by atoms with Crippen LogP contribution in [0.1, 0.15) is 21.5 Å². The molecule has 0 saturated heterocycles. The zero-order valence-electron chi connectivity index (χ0n) is 11.6. The van der Waals surface area contributed by atoms with E-state index in [4.69, 9.17) is 9.47 Å². The number of benzene rings is 2. The molecule has 1 N–H and O–H groups in total. The Labute approximate surface area is 117 Å². The molecule has 0 aromatic heterocycles. The number of phenolic OH excluding ortho intramolecular Hbond substituents is 1. The quantitative estimate of drug-likeness (QED) is 0.869. The lowest BCUT2D eigenvalue weighted by Gasteiger charge is -2.09. The molecule has 0 heterocycles. The molecule has 4 nitrogen and oxygen atoms in total. The van der Waals surface area contributed by atoms with Gasteiger partial charge < -0.3 is 14.6 Å². The van der Waals surface area contributed by atoms with Crippen LogP contribution in [0.25, 0.3) is 0 Å². The fourth-order valence-electron chi connectivity index (χ4n) is 1.93. The Morgan fingerprint density at radius 1 is 1.00 bits per heavy atom. The molecule has 0 fully saturated rings. The summed E-state index contributed by atoms with van der Waals surface area (Å²) in [5.41, 5.74) is 1.57. The number of ether oxygens (including phenoxy) is 2. The predicted octanol–water partition coefficient (Wildman–Crippen LogP) is 2.95. The molecule has 0 aliphatic heterocycles. The molecule has 0 unspecified atom stereocenters. The van der Waals surface area contributed by atoms with Crippen molar-refractivity contribution in [1.29, 1.82) is 0 Å². The molecule has 0 aliphatic carbocycles. The SMILES string of the molecule is COc1cc(OC)cc(C(=O)c2cc(C)ccc2O)c1. The van der Waals surface area contributed by atoms with Gasteiger partial charge in [0.2, 0.25) is 0 Å². The number of carbonyl (C=O) groups is 1. The zero-order chi connectivity index (χ0) is 14.7. The lowest BCUT2D eigenvalue weighted by Crippen LogP contribution is -2.03. The minimum Gasteiger partial charge on any atom is -0.507 e. The van der Waals surface area contributed by atoms with E-state index in [1.165, 1.54) is 20.3 Å². The Balaban J connectivity index is 2.50. The molecule has 0 radical (unpaired) electrons. The number of rotatable bonds is 4. The number of hydrogen-bond donors (Lipinski definition) is 1. The number of ketones is 1. The van der Waals surface area contributed by atoms with Gasteiger partial charge in [0.1, 0.15) is 17.2 Å². The number of aryl methyl sites for hydroxylation is 1. The van der Waals surface area contributed by atoms with Crippen LogP contribution in [0.4, 0.5) is 0 Å². The molecule has 2 aromatic rings. The van der Waals surface area contributed by atoms with Crippen LogP contribution < -0.4 is 9.47 Å². The van der Waals surface area contributed by atoms with Crippen LogP contribution in [-0.2, 0) is 0 Å². The maximum Gasteiger partial charge on any atom is 0.197 e. The number of aromatic hydroxyl groups is 1. The van der Waals surface area contributed by atoms with Gasteiger partial charge in [-0.3, -0.25) is 4.79 Å². The van der Waals surface area contributed by atoms with Crippen molar-refractivity contribution >= 4 is 5.78 Å². The van der Waals surface area contributed by atoms with E-state index in [1.807, 2.05) is 6.92 Å². The first-order valence-electron chi connectivity index (χ1n) is 6.12. The lowest BCUT2D eigenvalue weighted by molar-refractivity contribution is 0.103. The third-order valence-electron chi connectivity index (χ3n) is 3.01. The van der Waals surface area contributed by atoms with E-state index >= 15 is 0 Å². The maximum absolute atomic E-state index is 12.5. The van der Waals surface area contributed by atoms with E-state index in [2.05, 4.69) is 0 Å². The largest absolute Gasteiger partial charge is 0.507 e. The van der Waals surface area contributed by atoms with Crippen molar-refractivity contribution in [1.82, 2.24) is 0 Å². The fourth-order valence-corrected chi connectivity index (χ4v) is 1.93. The van der Waals surface area contributed by atoms with Crippen LogP contribution in [0.3, 0.4) is 0 Å². The van der Waals surface area contributed by atoms with Gasteiger partial charge in [-0.05, 0) is 31.2 Å². The third-order valence-corrected chi connectivity index (χ3v) is 3.01. The number of hydrogen-bond acceptors (Lipinski definition) is 4. The van der Waals surface area contributed by atoms with Gasteiger partial charge in [-0.2, -0.15) is 0 Å². The van der Waals surface area contributed by atoms with Crippen LogP contribution in [0, 0.1) is 6.92 Å². The molecule has 0 saturated carbocycles. The van der Waals surface area contributed by atoms with Crippen LogP contribution in [0.15, 0.2) is 36.4 Å². The zero-order valence-corrected chi connectivity index (χ0v) is 11.6. The first kappa shape index (κ1) is 13.9. The predicted molar refractivity (Wildman–Crippen MR) is 75.8 cm³/mol. The van der Waals surface area contributed by atoms with Crippen molar-refractivity contribution in [3.63, 3.8) is 0 Å². The van der Waals surface area contributed by atoms with Crippen LogP contribution >= 0.6 is 0 Å². The Kier molecular flexibility index (Phi) is 3.94. The summed E-state index contributed by atoms with van der Waals surface area (Å²) in [7, 11) is 3.04. The highest BCUT2D eigenvalue weighted by molar-refractivity contribution is 6.11. The summed E-state index contributed by atoms with van der Waals surface area (Å²) in [6.07, 6.45) is 0. The second-order valence-corrected chi connectivity index (χ2v) is 4.45. The summed E-state index contributed by atoms with van der Waals surface area (Å²) in [6.45, 7) is 1.86. The van der Waals surface area contributed by atoms with Gasteiger partial charge in [0.25, 0.3) is 0 Å². The highest BCUT2D eigenvalue weighted by atomic mass is 16.5. The summed E-state index contributed by atoms with van der Waals surface area (Å²) in [6, 6.07) is 9.84. The fraction of sp³-hybridized carbons (Fsp3) is 0.188. The van der Waals surface area contributed by atoms with E-state index in [9.17, 15) is 9.90 Å². The molecular weight excluding hydrogens is 256 g/mol. The van der Waals surface area contributed by atoms with Gasteiger partial charge in [-0.15, -0.1) is 0 Å². The standard InChI is InChI=1S/C16H16O4/c1-10-4-5-15(17)14(6-10)16(18)11-7-12(19-2)9-13(8-11)20-3/h4-9,17H,1-3H3. The van der Waals surface area contributed by atoms with Crippen molar-refractivity contribution in [3.05, 3.63) is 53.1 Å². The Bertz CT molecular complexity index is 625. The Morgan fingerprint density at radius 2 is 1.60 bits per heavy atom. The molecule has 20 heavy (non-hydrogen) atoms. The molecule has 0 amide bonds. The minimum atomic E-state index is -0.275. The molecule has 0 bridgehead atoms. The van der Waals surface area contributed by atoms with E-state index in [1.54, 1.807) is 30.3 Å². The minimum absolute atomic E-state index is 0.0395. The van der Waals surface area contributed by atoms with Gasteiger partial charge in [0.05, 0.1) is 19.8 Å². The molecular formula is C16H16O4. The number of phenols is 1. The monoisotopic (exact) mass is 272 g/mol. The lowest BCUT2D eigenvalue weighted by atomic mass is 10.00. The van der Waals surface area contributed by atoms with E-state index in [0.717, 1.165) is 5.56 Å². The smallest absolute Gasteiger partial charge is 0.197 e. The molecule has 0 spiro atoms. The summed E-state index contributed by atoms with van der Waals surface area (Å²) in [5.74, 6) is 0.741. The average Bonchev–Trinajstić information content (AvgIpc) is 2.48. The first-order chi connectivity index (χ1) is 9.55. The number of methoxy groups -OCH3 is 2. The van der Waals surface area contributed by atoms with Crippen LogP contribution in [0.2, 0.25) is 0 Å². The maximum atomic E-state index is 12.5. The van der Waals surface area contributed by atoms with E-state index in [-0.39, 0.29) is 17.1 Å². The molecule has 4 heteroatoms. The summed E-state index contributed by atoms with van der Waals surface area (Å²) >= 11 is 0. The van der Waals surface area contributed by atoms with Crippen molar-refractivity contribution in [2.24, 2.45) is 0 Å². The van der Waals surface area contributed by atoms with Crippen molar-refractivity contribution in [2.75, 3.05) is 14.2 Å². The molecule has 0 atom stereocenters. The summed E-state index contributed by atoms with van der Waals surface area (Å²) < 4.78 is 10.3. The van der Waals surface area contributed by atoms with E-state index < -0.39 is 0 Å². The first-order valence-corrected chi connectivity index (χ1v) is 6.12. The topological polar surface area (TPSA) is 55.8 Å². The second-order valence-electron chi connectivity index (χ2n) is 4.45. The molecule has 104 valence electrons. The van der Waals surface area contributed by atoms with Gasteiger partial charge in [-0.1, -0.05) is 11.6 Å². The Morgan fingerprint density at radius 3 is 2.15 bits per heavy atom. The third kappa shape index (κ3) is 2.74. The normalized spacial score (nSPS) is 10.2. The van der Waals surface area contributed by atoms with Gasteiger partial charge in [-0.25, -0.2) is 0 Å². The summed E-state index contributed by atoms with van der Waals surface area (Å²) in [5, 5.41) is 9.84. The summed E-state index contributed by atoms with van der Waals surface area (Å²) in [4.78, 5) is 12.5. The van der Waals surface area contributed by atoms with Crippen molar-refractivity contribution in [3.8, 4) is 17.2 Å². The van der Waals surface area contributed by atoms with Crippen LogP contribution in [-0.4, -0.2) is 25.1 Å². The van der Waals surface area contributed by atoms with Gasteiger partial charge in [0, 0.05) is 11.6 Å². The number of carbonyl (C=O) groups excluding carboxylic acids is 1. The van der Waals surface area contributed by atoms with Crippen LogP contribution in [0.5, 0.6) is 17.2 Å². The molecule has 0 aliphatic rings. The second kappa shape index (κ2) is 5.65. The Hall–Kier alpha value is -2.49. The van der Waals surface area contributed by atoms with Crippen molar-refractivity contribution < 1.29 is 19.4 Å². The molecule has 2 aromatic carbocycles. The average molecular weight is 272 g/mol. The van der Waals surface area contributed by atoms with Crippen molar-refractivity contribution in [2.45, 2.75) is 6.92 Å². The van der Waals surface area contributed by atoms with Gasteiger partial charge >= 0.3 is 0 Å². The van der Waals surface area contributed by atoms with E-state index in [0.29, 0.717) is 17.1 Å².